The van der Waals surface area contributed by atoms with Crippen molar-refractivity contribution in [1.29, 1.82) is 0 Å². The van der Waals surface area contributed by atoms with E-state index in [1.807, 2.05) is 19.1 Å². The predicted octanol–water partition coefficient (Wildman–Crippen LogP) is 1.98. The zero-order valence-electron chi connectivity index (χ0n) is 12.5. The summed E-state index contributed by atoms with van der Waals surface area (Å²) < 4.78 is 0. The minimum absolute atomic E-state index is 0.249. The first-order valence-corrected chi connectivity index (χ1v) is 7.29. The van der Waals surface area contributed by atoms with Gasteiger partial charge in [-0.3, -0.25) is 4.79 Å². The summed E-state index contributed by atoms with van der Waals surface area (Å²) in [5.74, 6) is 0.133. The highest BCUT2D eigenvalue weighted by atomic mass is 16.3. The Labute approximate surface area is 121 Å². The molecule has 0 aliphatic heterocycles. The zero-order valence-corrected chi connectivity index (χ0v) is 12.5. The van der Waals surface area contributed by atoms with Crippen LogP contribution in [0.1, 0.15) is 47.7 Å². The van der Waals surface area contributed by atoms with Crippen LogP contribution in [0.2, 0.25) is 0 Å². The number of aryl methyl sites for hydroxylation is 1. The molecule has 4 nitrogen and oxygen atoms in total. The summed E-state index contributed by atoms with van der Waals surface area (Å²) in [6, 6.07) is 5.55. The van der Waals surface area contributed by atoms with Gasteiger partial charge in [0.1, 0.15) is 0 Å². The molecule has 1 aromatic carbocycles. The lowest BCUT2D eigenvalue weighted by molar-refractivity contribution is 0.1000. The number of hydrogen-bond donors (Lipinski definition) is 3. The highest BCUT2D eigenvalue weighted by molar-refractivity contribution is 5.93. The van der Waals surface area contributed by atoms with Crippen LogP contribution in [0.25, 0.3) is 0 Å². The Kier molecular flexibility index (Phi) is 7.26. The van der Waals surface area contributed by atoms with E-state index in [2.05, 4.69) is 12.2 Å². The number of carbonyl (C=O) groups excluding carboxylic acids is 1. The van der Waals surface area contributed by atoms with Gasteiger partial charge in [0.25, 0.3) is 0 Å². The van der Waals surface area contributed by atoms with Crippen molar-refractivity contribution in [2.45, 2.75) is 39.7 Å². The summed E-state index contributed by atoms with van der Waals surface area (Å²) >= 11 is 0. The molecule has 112 valence electrons. The minimum atomic E-state index is -0.390. The summed E-state index contributed by atoms with van der Waals surface area (Å²) in [7, 11) is 0. The lowest BCUT2D eigenvalue weighted by atomic mass is 9.99. The number of nitrogens with two attached hydrogens (primary N) is 1. The number of primary amides is 1. The van der Waals surface area contributed by atoms with Gasteiger partial charge in [-0.25, -0.2) is 0 Å². The van der Waals surface area contributed by atoms with Crippen LogP contribution in [0.3, 0.4) is 0 Å². The van der Waals surface area contributed by atoms with E-state index in [-0.39, 0.29) is 6.61 Å². The Morgan fingerprint density at radius 1 is 1.40 bits per heavy atom. The SMILES string of the molecule is CCCC(CCO)CNCc1ccc(C(N)=O)cc1C. The van der Waals surface area contributed by atoms with Crippen molar-refractivity contribution >= 4 is 5.91 Å². The summed E-state index contributed by atoms with van der Waals surface area (Å²) in [4.78, 5) is 11.1. The largest absolute Gasteiger partial charge is 0.396 e. The van der Waals surface area contributed by atoms with Crippen molar-refractivity contribution in [3.8, 4) is 0 Å². The smallest absolute Gasteiger partial charge is 0.248 e. The van der Waals surface area contributed by atoms with Gasteiger partial charge < -0.3 is 16.2 Å². The number of aliphatic hydroxyl groups excluding tert-OH is 1. The van der Waals surface area contributed by atoms with Gasteiger partial charge in [-0.2, -0.15) is 0 Å². The van der Waals surface area contributed by atoms with Gasteiger partial charge in [-0.05, 0) is 55.5 Å². The van der Waals surface area contributed by atoms with E-state index in [0.717, 1.165) is 37.9 Å². The van der Waals surface area contributed by atoms with E-state index in [9.17, 15) is 4.79 Å². The van der Waals surface area contributed by atoms with Crippen LogP contribution in [-0.4, -0.2) is 24.2 Å². The van der Waals surface area contributed by atoms with Gasteiger partial charge in [-0.1, -0.05) is 19.4 Å². The third-order valence-electron chi connectivity index (χ3n) is 3.61. The highest BCUT2D eigenvalue weighted by Gasteiger charge is 2.08. The summed E-state index contributed by atoms with van der Waals surface area (Å²) in [6.07, 6.45) is 3.12. The van der Waals surface area contributed by atoms with E-state index in [1.54, 1.807) is 6.07 Å². The van der Waals surface area contributed by atoms with E-state index in [4.69, 9.17) is 10.8 Å². The molecule has 20 heavy (non-hydrogen) atoms. The van der Waals surface area contributed by atoms with Gasteiger partial charge in [-0.15, -0.1) is 0 Å². The van der Waals surface area contributed by atoms with E-state index in [0.29, 0.717) is 11.5 Å². The van der Waals surface area contributed by atoms with Gasteiger partial charge in [0.2, 0.25) is 5.91 Å². The number of aliphatic hydroxyl groups is 1. The number of carbonyl (C=O) groups is 1. The second-order valence-electron chi connectivity index (χ2n) is 5.30. The molecule has 1 rings (SSSR count). The lowest BCUT2D eigenvalue weighted by Crippen LogP contribution is -2.23. The van der Waals surface area contributed by atoms with Crippen LogP contribution in [0.4, 0.5) is 0 Å². The molecule has 1 unspecified atom stereocenters. The second-order valence-corrected chi connectivity index (χ2v) is 5.30. The first-order valence-electron chi connectivity index (χ1n) is 7.29. The molecule has 1 atom stereocenters. The molecule has 4 heteroatoms. The van der Waals surface area contributed by atoms with Crippen LogP contribution >= 0.6 is 0 Å². The maximum atomic E-state index is 11.1. The van der Waals surface area contributed by atoms with Crippen molar-refractivity contribution in [1.82, 2.24) is 5.32 Å². The molecular formula is C16H26N2O2. The molecule has 0 heterocycles. The van der Waals surface area contributed by atoms with Crippen molar-refractivity contribution in [2.75, 3.05) is 13.2 Å². The maximum Gasteiger partial charge on any atom is 0.248 e. The minimum Gasteiger partial charge on any atom is -0.396 e. The lowest BCUT2D eigenvalue weighted by Gasteiger charge is -2.16. The van der Waals surface area contributed by atoms with Crippen LogP contribution in [-0.2, 0) is 6.54 Å². The molecule has 0 aliphatic carbocycles. The predicted molar refractivity (Wildman–Crippen MR) is 81.5 cm³/mol. The first-order chi connectivity index (χ1) is 9.58. The standard InChI is InChI=1S/C16H26N2O2/c1-3-4-13(7-8-19)10-18-11-15-6-5-14(16(17)20)9-12(15)2/h5-6,9,13,18-19H,3-4,7-8,10-11H2,1-2H3,(H2,17,20). The third kappa shape index (κ3) is 5.31. The molecule has 1 aromatic rings. The molecule has 4 N–H and O–H groups in total. The molecule has 0 radical (unpaired) electrons. The number of amides is 1. The highest BCUT2D eigenvalue weighted by Crippen LogP contribution is 2.12. The fraction of sp³-hybridized carbons (Fsp3) is 0.562. The second kappa shape index (κ2) is 8.72. The summed E-state index contributed by atoms with van der Waals surface area (Å²) in [5, 5.41) is 12.5. The van der Waals surface area contributed by atoms with E-state index < -0.39 is 5.91 Å². The van der Waals surface area contributed by atoms with E-state index >= 15 is 0 Å². The number of benzene rings is 1. The average molecular weight is 278 g/mol. The molecule has 1 amide bonds. The van der Waals surface area contributed by atoms with Crippen LogP contribution in [0.15, 0.2) is 18.2 Å². The fourth-order valence-corrected chi connectivity index (χ4v) is 2.40. The van der Waals surface area contributed by atoms with Crippen molar-refractivity contribution in [3.63, 3.8) is 0 Å². The van der Waals surface area contributed by atoms with Gasteiger partial charge in [0.15, 0.2) is 0 Å². The van der Waals surface area contributed by atoms with Gasteiger partial charge in [0, 0.05) is 18.7 Å². The Morgan fingerprint density at radius 3 is 2.70 bits per heavy atom. The number of hydrogen-bond acceptors (Lipinski definition) is 3. The molecule has 0 fully saturated rings. The Balaban J connectivity index is 2.50. The Bertz CT molecular complexity index is 426. The number of nitrogens with one attached hydrogen (secondary N) is 1. The van der Waals surface area contributed by atoms with Crippen LogP contribution in [0, 0.1) is 12.8 Å². The molecule has 0 saturated carbocycles. The quantitative estimate of drug-likeness (QED) is 0.646. The summed E-state index contributed by atoms with van der Waals surface area (Å²) in [6.45, 7) is 6.08. The molecule has 0 saturated heterocycles. The Morgan fingerprint density at radius 2 is 2.15 bits per heavy atom. The van der Waals surface area contributed by atoms with Crippen molar-refractivity contribution < 1.29 is 9.90 Å². The molecule has 0 bridgehead atoms. The molecule has 0 aromatic heterocycles. The van der Waals surface area contributed by atoms with Crippen LogP contribution in [0.5, 0.6) is 0 Å². The van der Waals surface area contributed by atoms with Crippen LogP contribution < -0.4 is 11.1 Å². The monoisotopic (exact) mass is 278 g/mol. The summed E-state index contributed by atoms with van der Waals surface area (Å²) in [5.41, 5.74) is 8.06. The average Bonchev–Trinajstić information content (AvgIpc) is 2.40. The van der Waals surface area contributed by atoms with Crippen molar-refractivity contribution in [2.24, 2.45) is 11.7 Å². The van der Waals surface area contributed by atoms with Gasteiger partial charge in [0.05, 0.1) is 0 Å². The third-order valence-corrected chi connectivity index (χ3v) is 3.61. The zero-order chi connectivity index (χ0) is 15.0. The fourth-order valence-electron chi connectivity index (χ4n) is 2.40. The topological polar surface area (TPSA) is 75.3 Å². The molecule has 0 aliphatic rings. The maximum absolute atomic E-state index is 11.1. The first kappa shape index (κ1) is 16.7. The van der Waals surface area contributed by atoms with E-state index in [1.165, 1.54) is 5.56 Å². The van der Waals surface area contributed by atoms with Crippen molar-refractivity contribution in [3.05, 3.63) is 34.9 Å². The molecule has 0 spiro atoms. The van der Waals surface area contributed by atoms with Gasteiger partial charge >= 0.3 is 0 Å². The molecular weight excluding hydrogens is 252 g/mol. The normalized spacial score (nSPS) is 12.3. The Hall–Kier alpha value is -1.39. The number of rotatable bonds is 9.